The fourth-order valence-corrected chi connectivity index (χ4v) is 2.25. The van der Waals surface area contributed by atoms with Crippen molar-refractivity contribution in [3.8, 4) is 11.4 Å². The lowest BCUT2D eigenvalue weighted by atomic mass is 10.1. The van der Waals surface area contributed by atoms with Crippen LogP contribution in [0.1, 0.15) is 17.0 Å². The summed E-state index contributed by atoms with van der Waals surface area (Å²) in [6.45, 7) is 0.673. The second kappa shape index (κ2) is 7.90. The zero-order chi connectivity index (χ0) is 19.3. The van der Waals surface area contributed by atoms with E-state index in [4.69, 9.17) is 0 Å². The molecule has 0 saturated carbocycles. The highest BCUT2D eigenvalue weighted by Gasteiger charge is 2.38. The number of aromatic nitrogens is 2. The molecular formula is C18H15F3N4O2. The van der Waals surface area contributed by atoms with E-state index in [0.29, 0.717) is 12.1 Å². The highest BCUT2D eigenvalue weighted by molar-refractivity contribution is 5.73. The molecule has 140 valence electrons. The second-order valence-electron chi connectivity index (χ2n) is 5.64. The number of urea groups is 1. The predicted octanol–water partition coefficient (Wildman–Crippen LogP) is 3.75. The summed E-state index contributed by atoms with van der Waals surface area (Å²) in [5, 5.41) is 8.76. The summed E-state index contributed by atoms with van der Waals surface area (Å²) in [4.78, 5) is 15.1. The fraction of sp³-hybridized carbons (Fsp3) is 0.167. The third-order valence-corrected chi connectivity index (χ3v) is 3.63. The number of benzene rings is 2. The van der Waals surface area contributed by atoms with Gasteiger partial charge in [0.2, 0.25) is 5.82 Å². The molecule has 2 N–H and O–H groups in total. The minimum absolute atomic E-state index is 0.151. The van der Waals surface area contributed by atoms with Gasteiger partial charge in [0.25, 0.3) is 0 Å². The number of carbonyl (C=O) groups excluding carboxylic acids is 1. The summed E-state index contributed by atoms with van der Waals surface area (Å²) >= 11 is 0. The Hall–Kier alpha value is -3.36. The maximum Gasteiger partial charge on any atom is 0.471 e. The Kier molecular flexibility index (Phi) is 5.39. The van der Waals surface area contributed by atoms with Crippen molar-refractivity contribution < 1.29 is 22.5 Å². The molecule has 0 bridgehead atoms. The van der Waals surface area contributed by atoms with E-state index in [1.807, 2.05) is 30.3 Å². The summed E-state index contributed by atoms with van der Waals surface area (Å²) in [7, 11) is 0. The van der Waals surface area contributed by atoms with Crippen LogP contribution in [0.15, 0.2) is 59.1 Å². The van der Waals surface area contributed by atoms with Crippen molar-refractivity contribution in [3.05, 3.63) is 71.6 Å². The van der Waals surface area contributed by atoms with Gasteiger partial charge in [0.05, 0.1) is 0 Å². The van der Waals surface area contributed by atoms with Gasteiger partial charge in [-0.05, 0) is 11.1 Å². The maximum atomic E-state index is 12.5. The molecule has 6 nitrogen and oxygen atoms in total. The van der Waals surface area contributed by atoms with Crippen LogP contribution >= 0.6 is 0 Å². The van der Waals surface area contributed by atoms with Gasteiger partial charge in [-0.2, -0.15) is 18.2 Å². The zero-order valence-electron chi connectivity index (χ0n) is 14.0. The molecule has 27 heavy (non-hydrogen) atoms. The molecule has 3 aromatic rings. The molecule has 0 fully saturated rings. The smallest absolute Gasteiger partial charge is 0.334 e. The van der Waals surface area contributed by atoms with Crippen LogP contribution < -0.4 is 10.6 Å². The summed E-state index contributed by atoms with van der Waals surface area (Å²) in [5.74, 6) is -1.54. The Morgan fingerprint density at radius 3 is 2.07 bits per heavy atom. The molecule has 0 spiro atoms. The molecule has 9 heteroatoms. The molecule has 0 saturated heterocycles. The Balaban J connectivity index is 1.52. The van der Waals surface area contributed by atoms with Gasteiger partial charge in [-0.3, -0.25) is 0 Å². The SMILES string of the molecule is O=C(NCc1ccccc1)NCc1ccc(-c2noc(C(F)(F)F)n2)cc1. The molecule has 0 atom stereocenters. The third kappa shape index (κ3) is 5.06. The van der Waals surface area contributed by atoms with Gasteiger partial charge in [-0.15, -0.1) is 0 Å². The first-order chi connectivity index (χ1) is 12.9. The molecule has 0 aliphatic rings. The van der Waals surface area contributed by atoms with Gasteiger partial charge in [0.15, 0.2) is 0 Å². The Morgan fingerprint density at radius 2 is 1.52 bits per heavy atom. The fourth-order valence-electron chi connectivity index (χ4n) is 2.25. The summed E-state index contributed by atoms with van der Waals surface area (Å²) in [6, 6.07) is 15.6. The quantitative estimate of drug-likeness (QED) is 0.711. The van der Waals surface area contributed by atoms with E-state index in [1.54, 1.807) is 24.3 Å². The maximum absolute atomic E-state index is 12.5. The normalized spacial score (nSPS) is 11.2. The summed E-state index contributed by atoms with van der Waals surface area (Å²) < 4.78 is 41.7. The molecule has 0 unspecified atom stereocenters. The van der Waals surface area contributed by atoms with Crippen LogP contribution in [-0.2, 0) is 19.3 Å². The number of nitrogens with zero attached hydrogens (tertiary/aromatic N) is 2. The number of hydrogen-bond acceptors (Lipinski definition) is 4. The molecule has 3 rings (SSSR count). The number of rotatable bonds is 5. The van der Waals surface area contributed by atoms with Crippen molar-refractivity contribution in [2.75, 3.05) is 0 Å². The lowest BCUT2D eigenvalue weighted by Gasteiger charge is -2.08. The van der Waals surface area contributed by atoms with Gasteiger partial charge in [0.1, 0.15) is 0 Å². The number of hydrogen-bond donors (Lipinski definition) is 2. The number of carbonyl (C=O) groups is 1. The van der Waals surface area contributed by atoms with Crippen LogP contribution in [0.2, 0.25) is 0 Å². The minimum atomic E-state index is -4.68. The van der Waals surface area contributed by atoms with Crippen LogP contribution in [0.5, 0.6) is 0 Å². The Morgan fingerprint density at radius 1 is 0.926 bits per heavy atom. The van der Waals surface area contributed by atoms with E-state index in [0.717, 1.165) is 11.1 Å². The van der Waals surface area contributed by atoms with Crippen molar-refractivity contribution in [1.82, 2.24) is 20.8 Å². The van der Waals surface area contributed by atoms with Gasteiger partial charge < -0.3 is 15.2 Å². The molecular weight excluding hydrogens is 361 g/mol. The molecule has 1 heterocycles. The molecule has 0 aliphatic carbocycles. The van der Waals surface area contributed by atoms with Crippen molar-refractivity contribution in [3.63, 3.8) is 0 Å². The molecule has 0 aliphatic heterocycles. The Labute approximate surface area is 152 Å². The predicted molar refractivity (Wildman–Crippen MR) is 90.3 cm³/mol. The van der Waals surface area contributed by atoms with E-state index in [1.165, 1.54) is 0 Å². The van der Waals surface area contributed by atoms with Gasteiger partial charge in [-0.25, -0.2) is 4.79 Å². The first-order valence-electron chi connectivity index (χ1n) is 7.97. The van der Waals surface area contributed by atoms with Crippen LogP contribution in [0.25, 0.3) is 11.4 Å². The number of alkyl halides is 3. The second-order valence-corrected chi connectivity index (χ2v) is 5.64. The Bertz CT molecular complexity index is 893. The van der Waals surface area contributed by atoms with Gasteiger partial charge >= 0.3 is 18.1 Å². The van der Waals surface area contributed by atoms with E-state index in [2.05, 4.69) is 25.3 Å². The number of nitrogens with one attached hydrogen (secondary N) is 2. The average molecular weight is 376 g/mol. The van der Waals surface area contributed by atoms with Crippen LogP contribution in [-0.4, -0.2) is 16.2 Å². The summed E-state index contributed by atoms with van der Waals surface area (Å²) in [5.41, 5.74) is 2.13. The van der Waals surface area contributed by atoms with Gasteiger partial charge in [-0.1, -0.05) is 59.8 Å². The first-order valence-corrected chi connectivity index (χ1v) is 7.97. The zero-order valence-corrected chi connectivity index (χ0v) is 14.0. The topological polar surface area (TPSA) is 80.0 Å². The van der Waals surface area contributed by atoms with E-state index in [-0.39, 0.29) is 18.4 Å². The summed E-state index contributed by atoms with van der Waals surface area (Å²) in [6.07, 6.45) is -4.68. The molecule has 0 radical (unpaired) electrons. The average Bonchev–Trinajstić information content (AvgIpc) is 3.17. The molecule has 2 amide bonds. The van der Waals surface area contributed by atoms with E-state index >= 15 is 0 Å². The number of amides is 2. The lowest BCUT2D eigenvalue weighted by molar-refractivity contribution is -0.159. The highest BCUT2D eigenvalue weighted by atomic mass is 19.4. The van der Waals surface area contributed by atoms with E-state index < -0.39 is 12.1 Å². The van der Waals surface area contributed by atoms with Crippen molar-refractivity contribution in [1.29, 1.82) is 0 Å². The largest absolute Gasteiger partial charge is 0.471 e. The number of halogens is 3. The van der Waals surface area contributed by atoms with Crippen molar-refractivity contribution in [2.45, 2.75) is 19.3 Å². The first kappa shape index (κ1) is 18.4. The van der Waals surface area contributed by atoms with E-state index in [9.17, 15) is 18.0 Å². The van der Waals surface area contributed by atoms with Crippen LogP contribution in [0.3, 0.4) is 0 Å². The van der Waals surface area contributed by atoms with Gasteiger partial charge in [0, 0.05) is 18.7 Å². The van der Waals surface area contributed by atoms with Crippen molar-refractivity contribution in [2.24, 2.45) is 0 Å². The highest BCUT2D eigenvalue weighted by Crippen LogP contribution is 2.29. The minimum Gasteiger partial charge on any atom is -0.334 e. The van der Waals surface area contributed by atoms with Crippen LogP contribution in [0, 0.1) is 0 Å². The molecule has 2 aromatic carbocycles. The molecule has 1 aromatic heterocycles. The lowest BCUT2D eigenvalue weighted by Crippen LogP contribution is -2.34. The van der Waals surface area contributed by atoms with Crippen molar-refractivity contribution >= 4 is 6.03 Å². The standard InChI is InChI=1S/C18H15F3N4O2/c19-18(20,21)16-24-15(25-27-16)14-8-6-13(7-9-14)11-23-17(26)22-10-12-4-2-1-3-5-12/h1-9H,10-11H2,(H2,22,23,26). The third-order valence-electron chi connectivity index (χ3n) is 3.63. The monoisotopic (exact) mass is 376 g/mol. The van der Waals surface area contributed by atoms with Crippen LogP contribution in [0.4, 0.5) is 18.0 Å².